The lowest BCUT2D eigenvalue weighted by Crippen LogP contribution is -2.38. The molecule has 0 saturated heterocycles. The molecule has 2 atom stereocenters. The molecule has 0 aliphatic heterocycles. The van der Waals surface area contributed by atoms with Crippen molar-refractivity contribution in [3.05, 3.63) is 0 Å². The summed E-state index contributed by atoms with van der Waals surface area (Å²) in [6.07, 6.45) is -1.63. The molecule has 90 valence electrons. The third-order valence-electron chi connectivity index (χ3n) is 4.17. The van der Waals surface area contributed by atoms with Crippen molar-refractivity contribution in [3.63, 3.8) is 0 Å². The molecule has 2 unspecified atom stereocenters. The molecule has 1 saturated carbocycles. The van der Waals surface area contributed by atoms with Crippen molar-refractivity contribution in [1.29, 1.82) is 0 Å². The topological polar surface area (TPSA) is 0 Å². The van der Waals surface area contributed by atoms with Crippen molar-refractivity contribution in [3.8, 4) is 0 Å². The molecule has 0 amide bonds. The zero-order valence-corrected chi connectivity index (χ0v) is 9.99. The number of rotatable bonds is 2. The van der Waals surface area contributed by atoms with Gasteiger partial charge in [-0.05, 0) is 37.0 Å². The SMILES string of the molecule is CC(C)C1CCC(C(C)(C)C(F)(F)F)C1. The first-order chi connectivity index (χ1) is 6.66. The molecule has 0 bridgehead atoms. The van der Waals surface area contributed by atoms with Gasteiger partial charge < -0.3 is 0 Å². The molecule has 0 nitrogen and oxygen atoms in total. The molecule has 1 aliphatic rings. The molecule has 0 radical (unpaired) electrons. The first-order valence-corrected chi connectivity index (χ1v) is 5.73. The average Bonchev–Trinajstić information content (AvgIpc) is 2.49. The van der Waals surface area contributed by atoms with Crippen LogP contribution in [0.15, 0.2) is 0 Å². The normalized spacial score (nSPS) is 28.8. The van der Waals surface area contributed by atoms with E-state index < -0.39 is 11.6 Å². The summed E-state index contributed by atoms with van der Waals surface area (Å²) < 4.78 is 38.4. The van der Waals surface area contributed by atoms with Gasteiger partial charge in [-0.1, -0.05) is 27.7 Å². The summed E-state index contributed by atoms with van der Waals surface area (Å²) in [5, 5.41) is 0. The van der Waals surface area contributed by atoms with Gasteiger partial charge in [0.05, 0.1) is 5.41 Å². The van der Waals surface area contributed by atoms with E-state index in [4.69, 9.17) is 0 Å². The predicted octanol–water partition coefficient (Wildman–Crippen LogP) is 4.65. The van der Waals surface area contributed by atoms with Gasteiger partial charge in [0, 0.05) is 0 Å². The van der Waals surface area contributed by atoms with Crippen LogP contribution < -0.4 is 0 Å². The van der Waals surface area contributed by atoms with Crippen LogP contribution in [0.25, 0.3) is 0 Å². The fourth-order valence-electron chi connectivity index (χ4n) is 2.51. The van der Waals surface area contributed by atoms with Crippen molar-refractivity contribution < 1.29 is 13.2 Å². The Hall–Kier alpha value is -0.210. The minimum atomic E-state index is -4.07. The van der Waals surface area contributed by atoms with Crippen LogP contribution in [0.5, 0.6) is 0 Å². The second kappa shape index (κ2) is 3.99. The predicted molar refractivity (Wildman–Crippen MR) is 55.5 cm³/mol. The second-order valence-electron chi connectivity index (χ2n) is 5.73. The van der Waals surface area contributed by atoms with Crippen LogP contribution in [0, 0.1) is 23.2 Å². The molecule has 0 heterocycles. The maximum atomic E-state index is 12.8. The first kappa shape index (κ1) is 12.9. The lowest BCUT2D eigenvalue weighted by atomic mass is 9.76. The van der Waals surface area contributed by atoms with E-state index in [1.54, 1.807) is 0 Å². The highest BCUT2D eigenvalue weighted by molar-refractivity contribution is 4.90. The van der Waals surface area contributed by atoms with Crippen molar-refractivity contribution >= 4 is 0 Å². The Labute approximate surface area is 90.2 Å². The number of halogens is 3. The van der Waals surface area contributed by atoms with Crippen molar-refractivity contribution in [2.45, 2.75) is 53.1 Å². The Morgan fingerprint density at radius 1 is 1.07 bits per heavy atom. The zero-order chi connectivity index (χ0) is 11.9. The largest absolute Gasteiger partial charge is 0.394 e. The van der Waals surface area contributed by atoms with E-state index in [1.165, 1.54) is 13.8 Å². The van der Waals surface area contributed by atoms with Crippen molar-refractivity contribution in [1.82, 2.24) is 0 Å². The maximum absolute atomic E-state index is 12.8. The van der Waals surface area contributed by atoms with Crippen LogP contribution in [0.3, 0.4) is 0 Å². The van der Waals surface area contributed by atoms with Crippen LogP contribution in [0.2, 0.25) is 0 Å². The van der Waals surface area contributed by atoms with Gasteiger partial charge in [-0.25, -0.2) is 0 Å². The second-order valence-corrected chi connectivity index (χ2v) is 5.73. The fourth-order valence-corrected chi connectivity index (χ4v) is 2.51. The highest BCUT2D eigenvalue weighted by atomic mass is 19.4. The quantitative estimate of drug-likeness (QED) is 0.638. The summed E-state index contributed by atoms with van der Waals surface area (Å²) in [4.78, 5) is 0. The minimum Gasteiger partial charge on any atom is -0.171 e. The monoisotopic (exact) mass is 222 g/mol. The van der Waals surface area contributed by atoms with Gasteiger partial charge >= 0.3 is 6.18 Å². The molecule has 1 fully saturated rings. The lowest BCUT2D eigenvalue weighted by Gasteiger charge is -2.34. The molecule has 1 rings (SSSR count). The number of hydrogen-bond acceptors (Lipinski definition) is 0. The fraction of sp³-hybridized carbons (Fsp3) is 1.00. The summed E-state index contributed by atoms with van der Waals surface area (Å²) in [6.45, 7) is 6.90. The molecule has 0 aromatic rings. The Balaban J connectivity index is 2.68. The van der Waals surface area contributed by atoms with Crippen LogP contribution in [0.4, 0.5) is 13.2 Å². The van der Waals surface area contributed by atoms with Gasteiger partial charge in [0.15, 0.2) is 0 Å². The summed E-state index contributed by atoms with van der Waals surface area (Å²) in [6, 6.07) is 0. The molecule has 0 aromatic heterocycles. The Kier molecular flexibility index (Phi) is 3.42. The highest BCUT2D eigenvalue weighted by Gasteiger charge is 2.53. The zero-order valence-electron chi connectivity index (χ0n) is 9.99. The smallest absolute Gasteiger partial charge is 0.171 e. The Morgan fingerprint density at radius 3 is 1.93 bits per heavy atom. The van der Waals surface area contributed by atoms with Gasteiger partial charge in [-0.2, -0.15) is 13.2 Å². The van der Waals surface area contributed by atoms with Gasteiger partial charge in [0.1, 0.15) is 0 Å². The molecule has 0 N–H and O–H groups in total. The average molecular weight is 222 g/mol. The summed E-state index contributed by atoms with van der Waals surface area (Å²) >= 11 is 0. The van der Waals surface area contributed by atoms with Gasteiger partial charge in [-0.15, -0.1) is 0 Å². The molecule has 15 heavy (non-hydrogen) atoms. The third kappa shape index (κ3) is 2.48. The molecular formula is C12H21F3. The van der Waals surface area contributed by atoms with E-state index >= 15 is 0 Å². The number of hydrogen-bond donors (Lipinski definition) is 0. The van der Waals surface area contributed by atoms with Gasteiger partial charge in [0.25, 0.3) is 0 Å². The highest BCUT2D eigenvalue weighted by Crippen LogP contribution is 2.52. The van der Waals surface area contributed by atoms with Crippen LogP contribution in [0.1, 0.15) is 47.0 Å². The van der Waals surface area contributed by atoms with Gasteiger partial charge in [0.2, 0.25) is 0 Å². The first-order valence-electron chi connectivity index (χ1n) is 5.73. The third-order valence-corrected chi connectivity index (χ3v) is 4.17. The molecule has 3 heteroatoms. The van der Waals surface area contributed by atoms with Crippen LogP contribution in [-0.2, 0) is 0 Å². The van der Waals surface area contributed by atoms with Gasteiger partial charge in [-0.3, -0.25) is 0 Å². The van der Waals surface area contributed by atoms with Crippen LogP contribution >= 0.6 is 0 Å². The summed E-state index contributed by atoms with van der Waals surface area (Å²) in [5.41, 5.74) is -1.52. The minimum absolute atomic E-state index is 0.190. The molecule has 0 spiro atoms. The molecule has 0 aromatic carbocycles. The maximum Gasteiger partial charge on any atom is 0.394 e. The Morgan fingerprint density at radius 2 is 1.60 bits per heavy atom. The Bertz CT molecular complexity index is 215. The van der Waals surface area contributed by atoms with E-state index in [0.717, 1.165) is 19.3 Å². The van der Waals surface area contributed by atoms with E-state index in [-0.39, 0.29) is 5.92 Å². The molecule has 1 aliphatic carbocycles. The van der Waals surface area contributed by atoms with Crippen LogP contribution in [-0.4, -0.2) is 6.18 Å². The van der Waals surface area contributed by atoms with Crippen molar-refractivity contribution in [2.24, 2.45) is 23.2 Å². The lowest BCUT2D eigenvalue weighted by molar-refractivity contribution is -0.229. The van der Waals surface area contributed by atoms with E-state index in [9.17, 15) is 13.2 Å². The molecular weight excluding hydrogens is 201 g/mol. The van der Waals surface area contributed by atoms with E-state index in [0.29, 0.717) is 11.8 Å². The van der Waals surface area contributed by atoms with E-state index in [2.05, 4.69) is 13.8 Å². The summed E-state index contributed by atoms with van der Waals surface area (Å²) in [7, 11) is 0. The standard InChI is InChI=1S/C12H21F3/c1-8(2)9-5-6-10(7-9)11(3,4)12(13,14)15/h8-10H,5-7H2,1-4H3. The van der Waals surface area contributed by atoms with Crippen molar-refractivity contribution in [2.75, 3.05) is 0 Å². The number of alkyl halides is 3. The summed E-state index contributed by atoms with van der Waals surface area (Å²) in [5.74, 6) is 0.806. The van der Waals surface area contributed by atoms with E-state index in [1.807, 2.05) is 0 Å².